The van der Waals surface area contributed by atoms with E-state index < -0.39 is 16.0 Å². The number of carboxylic acids is 1. The molecule has 3 N–H and O–H groups in total. The van der Waals surface area contributed by atoms with E-state index in [4.69, 9.17) is 4.74 Å². The van der Waals surface area contributed by atoms with Gasteiger partial charge in [-0.25, -0.2) is 17.9 Å². The molecule has 116 valence electrons. The predicted octanol–water partition coefficient (Wildman–Crippen LogP) is 0.907. The van der Waals surface area contributed by atoms with Gasteiger partial charge in [0.25, 0.3) is 0 Å². The number of nitrogens with one attached hydrogen (secondary N) is 2. The minimum atomic E-state index is -3.76. The van der Waals surface area contributed by atoms with Crippen molar-refractivity contribution < 1.29 is 23.1 Å². The lowest BCUT2D eigenvalue weighted by molar-refractivity contribution is 0.0697. The van der Waals surface area contributed by atoms with Crippen LogP contribution in [0.3, 0.4) is 0 Å². The molecule has 0 aliphatic carbocycles. The molecule has 0 heterocycles. The molecule has 0 unspecified atom stereocenters. The maximum Gasteiger partial charge on any atom is 0.337 e. The van der Waals surface area contributed by atoms with Gasteiger partial charge in [-0.3, -0.25) is 0 Å². The largest absolute Gasteiger partial charge is 0.478 e. The van der Waals surface area contributed by atoms with Gasteiger partial charge in [-0.1, -0.05) is 6.08 Å². The maximum absolute atomic E-state index is 11.9. The third-order valence-corrected chi connectivity index (χ3v) is 3.99. The highest BCUT2D eigenvalue weighted by Crippen LogP contribution is 2.20. The number of benzene rings is 1. The summed E-state index contributed by atoms with van der Waals surface area (Å²) in [5, 5.41) is 12.1. The van der Waals surface area contributed by atoms with Crippen molar-refractivity contribution in [1.82, 2.24) is 4.72 Å². The summed E-state index contributed by atoms with van der Waals surface area (Å²) >= 11 is 0. The molecule has 0 spiro atoms. The topological polar surface area (TPSA) is 105 Å². The van der Waals surface area contributed by atoms with Crippen LogP contribution in [0.1, 0.15) is 10.4 Å². The fourth-order valence-electron chi connectivity index (χ4n) is 1.56. The van der Waals surface area contributed by atoms with Crippen LogP contribution in [0.4, 0.5) is 5.69 Å². The Labute approximate surface area is 123 Å². The number of ether oxygens (including phenoxy) is 1. The standard InChI is InChI=1S/C13H18N2O5S/c1-3-6-15-21(18,19)10-4-5-12(14-7-8-20-2)11(9-10)13(16)17/h3-5,9,14-15H,1,6-8H2,2H3,(H,16,17). The summed E-state index contributed by atoms with van der Waals surface area (Å²) in [7, 11) is -2.23. The number of anilines is 1. The molecule has 0 saturated heterocycles. The summed E-state index contributed by atoms with van der Waals surface area (Å²) in [5.41, 5.74) is 0.217. The van der Waals surface area contributed by atoms with Gasteiger partial charge in [-0.2, -0.15) is 0 Å². The van der Waals surface area contributed by atoms with Gasteiger partial charge >= 0.3 is 5.97 Å². The molecule has 0 radical (unpaired) electrons. The number of methoxy groups -OCH3 is 1. The predicted molar refractivity (Wildman–Crippen MR) is 79.2 cm³/mol. The minimum absolute atomic E-state index is 0.0680. The summed E-state index contributed by atoms with van der Waals surface area (Å²) < 4.78 is 31.0. The van der Waals surface area contributed by atoms with Crippen LogP contribution in [0.25, 0.3) is 0 Å². The fraction of sp³-hybridized carbons (Fsp3) is 0.308. The molecule has 8 heteroatoms. The molecule has 21 heavy (non-hydrogen) atoms. The lowest BCUT2D eigenvalue weighted by Crippen LogP contribution is -2.24. The van der Waals surface area contributed by atoms with Crippen molar-refractivity contribution in [2.75, 3.05) is 32.1 Å². The minimum Gasteiger partial charge on any atom is -0.478 e. The van der Waals surface area contributed by atoms with Crippen LogP contribution in [-0.2, 0) is 14.8 Å². The van der Waals surface area contributed by atoms with Gasteiger partial charge < -0.3 is 15.2 Å². The monoisotopic (exact) mass is 314 g/mol. The first-order valence-corrected chi connectivity index (χ1v) is 7.61. The zero-order valence-corrected chi connectivity index (χ0v) is 12.4. The Kier molecular flexibility index (Phi) is 6.35. The van der Waals surface area contributed by atoms with Gasteiger partial charge in [-0.15, -0.1) is 6.58 Å². The van der Waals surface area contributed by atoms with Crippen molar-refractivity contribution in [2.24, 2.45) is 0 Å². The highest BCUT2D eigenvalue weighted by atomic mass is 32.2. The summed E-state index contributed by atoms with van der Waals surface area (Å²) in [6.45, 7) is 4.30. The second-order valence-electron chi connectivity index (χ2n) is 4.07. The Balaban J connectivity index is 3.08. The van der Waals surface area contributed by atoms with Crippen LogP contribution in [-0.4, -0.2) is 46.3 Å². The van der Waals surface area contributed by atoms with Crippen molar-refractivity contribution in [3.8, 4) is 0 Å². The molecule has 0 aromatic heterocycles. The van der Waals surface area contributed by atoms with Crippen LogP contribution in [0.2, 0.25) is 0 Å². The lowest BCUT2D eigenvalue weighted by atomic mass is 10.2. The summed E-state index contributed by atoms with van der Waals surface area (Å²) in [6.07, 6.45) is 1.40. The number of rotatable bonds is 9. The molecule has 0 amide bonds. The van der Waals surface area contributed by atoms with Gasteiger partial charge in [0.05, 0.1) is 17.1 Å². The first-order chi connectivity index (χ1) is 9.92. The fourth-order valence-corrected chi connectivity index (χ4v) is 2.59. The van der Waals surface area contributed by atoms with Crippen molar-refractivity contribution in [3.05, 3.63) is 36.4 Å². The van der Waals surface area contributed by atoms with E-state index in [2.05, 4.69) is 16.6 Å². The Morgan fingerprint density at radius 3 is 2.76 bits per heavy atom. The number of sulfonamides is 1. The van der Waals surface area contributed by atoms with Gasteiger partial charge in [0.15, 0.2) is 0 Å². The van der Waals surface area contributed by atoms with E-state index in [1.54, 1.807) is 0 Å². The SMILES string of the molecule is C=CCNS(=O)(=O)c1ccc(NCCOC)c(C(=O)O)c1. The third kappa shape index (κ3) is 4.85. The molecule has 0 atom stereocenters. The van der Waals surface area contributed by atoms with Crippen molar-refractivity contribution in [2.45, 2.75) is 4.90 Å². The molecule has 1 aromatic carbocycles. The summed E-state index contributed by atoms with van der Waals surface area (Å²) in [6, 6.07) is 3.87. The molecule has 0 bridgehead atoms. The number of hydrogen-bond donors (Lipinski definition) is 3. The quantitative estimate of drug-likeness (QED) is 0.462. The van der Waals surface area contributed by atoms with Crippen LogP contribution < -0.4 is 10.0 Å². The van der Waals surface area contributed by atoms with Gasteiger partial charge in [-0.05, 0) is 18.2 Å². The first-order valence-electron chi connectivity index (χ1n) is 6.13. The Hall–Kier alpha value is -1.90. The zero-order valence-electron chi connectivity index (χ0n) is 11.6. The van der Waals surface area contributed by atoms with E-state index in [0.29, 0.717) is 18.8 Å². The van der Waals surface area contributed by atoms with E-state index in [9.17, 15) is 18.3 Å². The molecule has 0 fully saturated rings. The second kappa shape index (κ2) is 7.77. The second-order valence-corrected chi connectivity index (χ2v) is 5.84. The molecule has 1 aromatic rings. The highest BCUT2D eigenvalue weighted by molar-refractivity contribution is 7.89. The van der Waals surface area contributed by atoms with E-state index >= 15 is 0 Å². The molecular weight excluding hydrogens is 296 g/mol. The Bertz CT molecular complexity index is 613. The number of carbonyl (C=O) groups is 1. The zero-order chi connectivity index (χ0) is 15.9. The van der Waals surface area contributed by atoms with Crippen molar-refractivity contribution in [1.29, 1.82) is 0 Å². The number of carboxylic acid groups (broad SMARTS) is 1. The van der Waals surface area contributed by atoms with E-state index in [0.717, 1.165) is 6.07 Å². The van der Waals surface area contributed by atoms with Crippen LogP contribution in [0.5, 0.6) is 0 Å². The Morgan fingerprint density at radius 1 is 1.48 bits per heavy atom. The van der Waals surface area contributed by atoms with Crippen LogP contribution in [0.15, 0.2) is 35.7 Å². The molecular formula is C13H18N2O5S. The molecule has 0 saturated carbocycles. The Morgan fingerprint density at radius 2 is 2.19 bits per heavy atom. The lowest BCUT2D eigenvalue weighted by Gasteiger charge is -2.11. The highest BCUT2D eigenvalue weighted by Gasteiger charge is 2.18. The van der Waals surface area contributed by atoms with E-state index in [-0.39, 0.29) is 17.0 Å². The van der Waals surface area contributed by atoms with Crippen molar-refractivity contribution in [3.63, 3.8) is 0 Å². The van der Waals surface area contributed by atoms with Crippen molar-refractivity contribution >= 4 is 21.7 Å². The van der Waals surface area contributed by atoms with Crippen LogP contribution >= 0.6 is 0 Å². The molecule has 0 aliphatic rings. The molecule has 1 rings (SSSR count). The third-order valence-electron chi connectivity index (χ3n) is 2.57. The average molecular weight is 314 g/mol. The van der Waals surface area contributed by atoms with Crippen LogP contribution in [0, 0.1) is 0 Å². The van der Waals surface area contributed by atoms with E-state index in [1.807, 2.05) is 0 Å². The summed E-state index contributed by atoms with van der Waals surface area (Å²) in [5.74, 6) is -1.21. The van der Waals surface area contributed by atoms with Gasteiger partial charge in [0.2, 0.25) is 10.0 Å². The summed E-state index contributed by atoms with van der Waals surface area (Å²) in [4.78, 5) is 11.1. The smallest absolute Gasteiger partial charge is 0.337 e. The van der Waals surface area contributed by atoms with Gasteiger partial charge in [0, 0.05) is 25.9 Å². The number of aromatic carboxylic acids is 1. The number of hydrogen-bond acceptors (Lipinski definition) is 5. The van der Waals surface area contributed by atoms with E-state index in [1.165, 1.54) is 25.3 Å². The van der Waals surface area contributed by atoms with Gasteiger partial charge in [0.1, 0.15) is 0 Å². The first kappa shape index (κ1) is 17.2. The normalized spacial score (nSPS) is 11.1. The maximum atomic E-state index is 11.9. The molecule has 7 nitrogen and oxygen atoms in total. The average Bonchev–Trinajstić information content (AvgIpc) is 2.45. The molecule has 0 aliphatic heterocycles.